The van der Waals surface area contributed by atoms with Crippen LogP contribution in [0.5, 0.6) is 5.75 Å². The van der Waals surface area contributed by atoms with Crippen LogP contribution in [0.15, 0.2) is 18.2 Å². The van der Waals surface area contributed by atoms with Gasteiger partial charge in [0.05, 0.1) is 19.1 Å². The SMILES string of the molecule is CCOC(=O)C1[C@H]2c3ccc(C#C[Si](C)(C)C)cc3OC[C@@H]12. The highest BCUT2D eigenvalue weighted by Crippen LogP contribution is 2.59. The molecule has 1 saturated carbocycles. The molecule has 0 bridgehead atoms. The third-order valence-electron chi connectivity index (χ3n) is 4.11. The molecule has 1 unspecified atom stereocenters. The molecular formula is C18H22O3Si. The van der Waals surface area contributed by atoms with Crippen LogP contribution >= 0.6 is 0 Å². The average molecular weight is 314 g/mol. The van der Waals surface area contributed by atoms with Gasteiger partial charge in [0.15, 0.2) is 0 Å². The molecule has 0 saturated heterocycles. The summed E-state index contributed by atoms with van der Waals surface area (Å²) < 4.78 is 11.0. The Bertz CT molecular complexity index is 663. The lowest BCUT2D eigenvalue weighted by Crippen LogP contribution is -2.16. The van der Waals surface area contributed by atoms with E-state index in [1.54, 1.807) is 0 Å². The van der Waals surface area contributed by atoms with E-state index < -0.39 is 8.07 Å². The molecule has 0 radical (unpaired) electrons. The number of carbonyl (C=O) groups excluding carboxylic acids is 1. The lowest BCUT2D eigenvalue weighted by Gasteiger charge is -2.16. The highest BCUT2D eigenvalue weighted by atomic mass is 28.3. The van der Waals surface area contributed by atoms with Crippen LogP contribution < -0.4 is 4.74 Å². The molecule has 1 aromatic rings. The molecule has 1 heterocycles. The number of carbonyl (C=O) groups is 1. The molecule has 1 aromatic carbocycles. The molecular weight excluding hydrogens is 292 g/mol. The van der Waals surface area contributed by atoms with Crippen molar-refractivity contribution in [2.45, 2.75) is 32.5 Å². The number of benzene rings is 1. The van der Waals surface area contributed by atoms with Gasteiger partial charge in [-0.05, 0) is 24.6 Å². The van der Waals surface area contributed by atoms with Crippen LogP contribution in [0.25, 0.3) is 0 Å². The van der Waals surface area contributed by atoms with Crippen LogP contribution in [-0.4, -0.2) is 27.3 Å². The zero-order valence-corrected chi connectivity index (χ0v) is 14.6. The molecule has 1 aliphatic heterocycles. The fourth-order valence-corrected chi connectivity index (χ4v) is 3.54. The Morgan fingerprint density at radius 1 is 1.41 bits per heavy atom. The Labute approximate surface area is 133 Å². The number of ether oxygens (including phenoxy) is 2. The van der Waals surface area contributed by atoms with Gasteiger partial charge < -0.3 is 9.47 Å². The minimum Gasteiger partial charge on any atom is -0.493 e. The summed E-state index contributed by atoms with van der Waals surface area (Å²) in [4.78, 5) is 12.0. The standard InChI is InChI=1S/C18H22O3Si/c1-5-20-18(19)17-14-11-21-15-10-12(8-9-22(2,3)4)6-7-13(15)16(14)17/h6-7,10,14,16-17H,5,11H2,1-4H3/t14-,16+,17?/m1/s1. The van der Waals surface area contributed by atoms with E-state index in [1.807, 2.05) is 19.1 Å². The minimum atomic E-state index is -1.38. The predicted molar refractivity (Wildman–Crippen MR) is 88.5 cm³/mol. The Kier molecular flexibility index (Phi) is 3.78. The van der Waals surface area contributed by atoms with Crippen molar-refractivity contribution in [2.75, 3.05) is 13.2 Å². The minimum absolute atomic E-state index is 0.0277. The summed E-state index contributed by atoms with van der Waals surface area (Å²) in [5.74, 6) is 4.58. The zero-order chi connectivity index (χ0) is 15.9. The Morgan fingerprint density at radius 3 is 2.86 bits per heavy atom. The summed E-state index contributed by atoms with van der Waals surface area (Å²) in [5.41, 5.74) is 5.50. The first-order valence-corrected chi connectivity index (χ1v) is 11.4. The molecule has 1 fully saturated rings. The lowest BCUT2D eigenvalue weighted by molar-refractivity contribution is -0.145. The Morgan fingerprint density at radius 2 is 2.18 bits per heavy atom. The van der Waals surface area contributed by atoms with E-state index >= 15 is 0 Å². The summed E-state index contributed by atoms with van der Waals surface area (Å²) in [7, 11) is -1.38. The zero-order valence-electron chi connectivity index (χ0n) is 13.6. The molecule has 0 aromatic heterocycles. The van der Waals surface area contributed by atoms with Gasteiger partial charge in [-0.2, -0.15) is 0 Å². The monoisotopic (exact) mass is 314 g/mol. The third-order valence-corrected chi connectivity index (χ3v) is 4.99. The molecule has 3 atom stereocenters. The molecule has 116 valence electrons. The van der Waals surface area contributed by atoms with Crippen molar-refractivity contribution in [2.24, 2.45) is 11.8 Å². The van der Waals surface area contributed by atoms with E-state index in [-0.39, 0.29) is 23.7 Å². The maximum Gasteiger partial charge on any atom is 0.309 e. The fraction of sp³-hybridized carbons (Fsp3) is 0.500. The smallest absolute Gasteiger partial charge is 0.309 e. The highest BCUT2D eigenvalue weighted by Gasteiger charge is 2.59. The molecule has 2 aliphatic rings. The maximum atomic E-state index is 12.0. The second kappa shape index (κ2) is 5.48. The van der Waals surface area contributed by atoms with Crippen LogP contribution in [0.4, 0.5) is 0 Å². The second-order valence-corrected chi connectivity index (χ2v) is 11.8. The fourth-order valence-electron chi connectivity index (χ4n) is 3.02. The second-order valence-electron chi connectivity index (χ2n) is 7.03. The molecule has 3 nitrogen and oxygen atoms in total. The molecule has 0 amide bonds. The third kappa shape index (κ3) is 2.91. The number of hydrogen-bond acceptors (Lipinski definition) is 3. The molecule has 4 heteroatoms. The van der Waals surface area contributed by atoms with Gasteiger partial charge in [0.2, 0.25) is 0 Å². The van der Waals surface area contributed by atoms with Crippen molar-refractivity contribution < 1.29 is 14.3 Å². The number of fused-ring (bicyclic) bond motifs is 3. The lowest BCUT2D eigenvalue weighted by atomic mass is 10.0. The van der Waals surface area contributed by atoms with Gasteiger partial charge in [0.25, 0.3) is 0 Å². The maximum absolute atomic E-state index is 12.0. The van der Waals surface area contributed by atoms with Gasteiger partial charge in [-0.15, -0.1) is 5.54 Å². The first-order chi connectivity index (χ1) is 10.4. The molecule has 3 rings (SSSR count). The average Bonchev–Trinajstić information content (AvgIpc) is 3.19. The van der Waals surface area contributed by atoms with Gasteiger partial charge in [-0.1, -0.05) is 31.6 Å². The van der Waals surface area contributed by atoms with E-state index in [9.17, 15) is 4.79 Å². The van der Waals surface area contributed by atoms with Gasteiger partial charge in [0.1, 0.15) is 13.8 Å². The Balaban J connectivity index is 1.81. The van der Waals surface area contributed by atoms with Crippen LogP contribution in [0.2, 0.25) is 19.6 Å². The van der Waals surface area contributed by atoms with E-state index in [2.05, 4.69) is 37.2 Å². The van der Waals surface area contributed by atoms with E-state index in [1.165, 1.54) is 0 Å². The van der Waals surface area contributed by atoms with Crippen LogP contribution in [0.1, 0.15) is 24.0 Å². The van der Waals surface area contributed by atoms with E-state index in [0.717, 1.165) is 16.9 Å². The van der Waals surface area contributed by atoms with E-state index in [0.29, 0.717) is 13.2 Å². The summed E-state index contributed by atoms with van der Waals surface area (Å²) in [5, 5.41) is 0. The van der Waals surface area contributed by atoms with Crippen molar-refractivity contribution in [3.8, 4) is 17.2 Å². The topological polar surface area (TPSA) is 35.5 Å². The van der Waals surface area contributed by atoms with E-state index in [4.69, 9.17) is 9.47 Å². The van der Waals surface area contributed by atoms with Crippen molar-refractivity contribution >= 4 is 14.0 Å². The molecule has 0 spiro atoms. The predicted octanol–water partition coefficient (Wildman–Crippen LogP) is 3.20. The van der Waals surface area contributed by atoms with Crippen molar-refractivity contribution in [3.63, 3.8) is 0 Å². The first kappa shape index (κ1) is 15.2. The summed E-state index contributed by atoms with van der Waals surface area (Å²) >= 11 is 0. The van der Waals surface area contributed by atoms with Gasteiger partial charge in [-0.3, -0.25) is 4.79 Å². The van der Waals surface area contributed by atoms with Crippen molar-refractivity contribution in [1.29, 1.82) is 0 Å². The van der Waals surface area contributed by atoms with Crippen molar-refractivity contribution in [1.82, 2.24) is 0 Å². The summed E-state index contributed by atoms with van der Waals surface area (Å²) in [6, 6.07) is 6.12. The number of rotatable bonds is 2. The molecule has 22 heavy (non-hydrogen) atoms. The first-order valence-electron chi connectivity index (χ1n) is 7.87. The quantitative estimate of drug-likeness (QED) is 0.478. The van der Waals surface area contributed by atoms with Gasteiger partial charge in [-0.25, -0.2) is 0 Å². The van der Waals surface area contributed by atoms with Gasteiger partial charge >= 0.3 is 5.97 Å². The molecule has 1 aliphatic carbocycles. The summed E-state index contributed by atoms with van der Waals surface area (Å²) in [6.45, 7) is 9.58. The van der Waals surface area contributed by atoms with Crippen LogP contribution in [0, 0.1) is 23.3 Å². The van der Waals surface area contributed by atoms with Gasteiger partial charge in [0, 0.05) is 17.4 Å². The normalized spacial score (nSPS) is 25.0. The van der Waals surface area contributed by atoms with Crippen molar-refractivity contribution in [3.05, 3.63) is 29.3 Å². The number of esters is 1. The Hall–Kier alpha value is -1.73. The molecule has 0 N–H and O–H groups in total. The largest absolute Gasteiger partial charge is 0.493 e. The van der Waals surface area contributed by atoms with Crippen LogP contribution in [0.3, 0.4) is 0 Å². The number of hydrogen-bond donors (Lipinski definition) is 0. The summed E-state index contributed by atoms with van der Waals surface area (Å²) in [6.07, 6.45) is 0. The van der Waals surface area contributed by atoms with Crippen LogP contribution in [-0.2, 0) is 9.53 Å². The highest BCUT2D eigenvalue weighted by molar-refractivity contribution is 6.83.